The Kier molecular flexibility index (Phi) is 3.03. The van der Waals surface area contributed by atoms with E-state index < -0.39 is 6.04 Å². The second kappa shape index (κ2) is 4.21. The standard InChI is InChI=1S/C12H10Cl2N2O/c1-6(2)16-9(5-15)10-7(13)3-4-8(14)11(10)12(16)17/h3-4,6,9H,1-2H3. The zero-order valence-electron chi connectivity index (χ0n) is 9.37. The molecule has 1 aromatic carbocycles. The summed E-state index contributed by atoms with van der Waals surface area (Å²) in [4.78, 5) is 13.7. The first-order chi connectivity index (χ1) is 7.99. The van der Waals surface area contributed by atoms with E-state index in [1.807, 2.05) is 13.8 Å². The highest BCUT2D eigenvalue weighted by Gasteiger charge is 2.41. The molecule has 0 bridgehead atoms. The number of nitrogens with zero attached hydrogens (tertiary/aromatic N) is 2. The number of halogens is 2. The van der Waals surface area contributed by atoms with Gasteiger partial charge in [0.2, 0.25) is 0 Å². The van der Waals surface area contributed by atoms with Gasteiger partial charge in [-0.15, -0.1) is 0 Å². The number of hydrogen-bond acceptors (Lipinski definition) is 2. The third-order valence-corrected chi connectivity index (χ3v) is 3.46. The Hall–Kier alpha value is -1.24. The van der Waals surface area contributed by atoms with Gasteiger partial charge in [-0.25, -0.2) is 0 Å². The number of hydrogen-bond donors (Lipinski definition) is 0. The number of amides is 1. The average molecular weight is 269 g/mol. The molecule has 0 saturated carbocycles. The molecule has 1 atom stereocenters. The molecule has 1 heterocycles. The van der Waals surface area contributed by atoms with E-state index in [4.69, 9.17) is 23.2 Å². The van der Waals surface area contributed by atoms with Crippen molar-refractivity contribution in [2.75, 3.05) is 0 Å². The highest BCUT2D eigenvalue weighted by molar-refractivity contribution is 6.37. The van der Waals surface area contributed by atoms with Crippen molar-refractivity contribution in [2.45, 2.75) is 25.9 Å². The quantitative estimate of drug-likeness (QED) is 0.784. The minimum absolute atomic E-state index is 0.0771. The fourth-order valence-corrected chi connectivity index (χ4v) is 2.60. The Morgan fingerprint density at radius 2 is 1.94 bits per heavy atom. The molecule has 1 unspecified atom stereocenters. The number of rotatable bonds is 1. The van der Waals surface area contributed by atoms with Crippen molar-refractivity contribution < 1.29 is 4.79 Å². The maximum Gasteiger partial charge on any atom is 0.257 e. The molecule has 88 valence electrons. The molecule has 0 N–H and O–H groups in total. The highest BCUT2D eigenvalue weighted by atomic mass is 35.5. The SMILES string of the molecule is CC(C)N1C(=O)c2c(Cl)ccc(Cl)c2C1C#N. The van der Waals surface area contributed by atoms with Crippen LogP contribution in [0.3, 0.4) is 0 Å². The first-order valence-electron chi connectivity index (χ1n) is 5.19. The van der Waals surface area contributed by atoms with Crippen molar-refractivity contribution >= 4 is 29.1 Å². The Balaban J connectivity index is 2.70. The van der Waals surface area contributed by atoms with Crippen LogP contribution in [0.25, 0.3) is 0 Å². The average Bonchev–Trinajstić information content (AvgIpc) is 2.58. The van der Waals surface area contributed by atoms with E-state index in [1.54, 1.807) is 12.1 Å². The molecule has 3 nitrogen and oxygen atoms in total. The number of carbonyl (C=O) groups is 1. The molecular formula is C12H10Cl2N2O. The summed E-state index contributed by atoms with van der Waals surface area (Å²) in [7, 11) is 0. The Bertz CT molecular complexity index is 534. The number of fused-ring (bicyclic) bond motifs is 1. The predicted molar refractivity (Wildman–Crippen MR) is 66.1 cm³/mol. The second-order valence-corrected chi connectivity index (χ2v) is 4.97. The van der Waals surface area contributed by atoms with Crippen LogP contribution >= 0.6 is 23.2 Å². The van der Waals surface area contributed by atoms with E-state index in [2.05, 4.69) is 6.07 Å². The highest BCUT2D eigenvalue weighted by Crippen LogP contribution is 2.42. The smallest absolute Gasteiger partial charge is 0.257 e. The molecule has 17 heavy (non-hydrogen) atoms. The monoisotopic (exact) mass is 268 g/mol. The van der Waals surface area contributed by atoms with Gasteiger partial charge in [0.15, 0.2) is 0 Å². The normalized spacial score (nSPS) is 18.5. The van der Waals surface area contributed by atoms with Crippen LogP contribution in [-0.2, 0) is 0 Å². The Morgan fingerprint density at radius 1 is 1.35 bits per heavy atom. The van der Waals surface area contributed by atoms with E-state index in [0.717, 1.165) is 0 Å². The minimum Gasteiger partial charge on any atom is -0.316 e. The van der Waals surface area contributed by atoms with Crippen LogP contribution in [0.2, 0.25) is 10.0 Å². The molecular weight excluding hydrogens is 259 g/mol. The van der Waals surface area contributed by atoms with Gasteiger partial charge < -0.3 is 4.90 Å². The fraction of sp³-hybridized carbons (Fsp3) is 0.333. The van der Waals surface area contributed by atoms with Crippen LogP contribution in [0.1, 0.15) is 35.8 Å². The van der Waals surface area contributed by atoms with Crippen LogP contribution < -0.4 is 0 Å². The molecule has 1 amide bonds. The molecule has 0 fully saturated rings. The number of nitriles is 1. The molecule has 1 aromatic rings. The zero-order chi connectivity index (χ0) is 12.7. The summed E-state index contributed by atoms with van der Waals surface area (Å²) in [6.45, 7) is 3.71. The maximum absolute atomic E-state index is 12.2. The van der Waals surface area contributed by atoms with E-state index in [-0.39, 0.29) is 11.9 Å². The van der Waals surface area contributed by atoms with E-state index in [0.29, 0.717) is 21.2 Å². The van der Waals surface area contributed by atoms with Gasteiger partial charge in [-0.2, -0.15) is 5.26 Å². The Labute approximate surface area is 110 Å². The molecule has 0 spiro atoms. The number of benzene rings is 1. The lowest BCUT2D eigenvalue weighted by Crippen LogP contribution is -2.33. The van der Waals surface area contributed by atoms with Gasteiger partial charge in [-0.3, -0.25) is 4.79 Å². The first-order valence-corrected chi connectivity index (χ1v) is 5.94. The van der Waals surface area contributed by atoms with E-state index >= 15 is 0 Å². The van der Waals surface area contributed by atoms with Crippen molar-refractivity contribution in [1.82, 2.24) is 4.90 Å². The third kappa shape index (κ3) is 1.69. The van der Waals surface area contributed by atoms with Gasteiger partial charge in [0.25, 0.3) is 5.91 Å². The van der Waals surface area contributed by atoms with Crippen molar-refractivity contribution in [3.8, 4) is 6.07 Å². The van der Waals surface area contributed by atoms with Crippen LogP contribution in [0, 0.1) is 11.3 Å². The zero-order valence-corrected chi connectivity index (χ0v) is 10.9. The van der Waals surface area contributed by atoms with Gasteiger partial charge in [0, 0.05) is 16.6 Å². The molecule has 2 rings (SSSR count). The lowest BCUT2D eigenvalue weighted by molar-refractivity contribution is 0.0704. The lowest BCUT2D eigenvalue weighted by atomic mass is 10.1. The maximum atomic E-state index is 12.2. The van der Waals surface area contributed by atoms with Gasteiger partial charge in [-0.1, -0.05) is 23.2 Å². The molecule has 0 radical (unpaired) electrons. The van der Waals surface area contributed by atoms with Crippen molar-refractivity contribution in [3.63, 3.8) is 0 Å². The molecule has 5 heteroatoms. The topological polar surface area (TPSA) is 44.1 Å². The van der Waals surface area contributed by atoms with Crippen LogP contribution in [0.15, 0.2) is 12.1 Å². The molecule has 0 aliphatic carbocycles. The largest absolute Gasteiger partial charge is 0.316 e. The van der Waals surface area contributed by atoms with Gasteiger partial charge in [-0.05, 0) is 26.0 Å². The summed E-state index contributed by atoms with van der Waals surface area (Å²) >= 11 is 12.1. The Morgan fingerprint density at radius 3 is 2.47 bits per heavy atom. The lowest BCUT2D eigenvalue weighted by Gasteiger charge is -2.24. The number of carbonyl (C=O) groups excluding carboxylic acids is 1. The van der Waals surface area contributed by atoms with Crippen LogP contribution in [-0.4, -0.2) is 16.8 Å². The minimum atomic E-state index is -0.649. The summed E-state index contributed by atoms with van der Waals surface area (Å²) in [5, 5.41) is 9.97. The van der Waals surface area contributed by atoms with Crippen LogP contribution in [0.5, 0.6) is 0 Å². The molecule has 1 aliphatic rings. The summed E-state index contributed by atoms with van der Waals surface area (Å²) < 4.78 is 0. The second-order valence-electron chi connectivity index (χ2n) is 4.16. The van der Waals surface area contributed by atoms with Crippen molar-refractivity contribution in [1.29, 1.82) is 5.26 Å². The summed E-state index contributed by atoms with van der Waals surface area (Å²) in [5.74, 6) is -0.228. The van der Waals surface area contributed by atoms with Crippen LogP contribution in [0.4, 0.5) is 0 Å². The molecule has 1 aliphatic heterocycles. The van der Waals surface area contributed by atoms with E-state index in [1.165, 1.54) is 4.90 Å². The fourth-order valence-electron chi connectivity index (χ4n) is 2.10. The van der Waals surface area contributed by atoms with Gasteiger partial charge in [0.1, 0.15) is 6.04 Å². The summed E-state index contributed by atoms with van der Waals surface area (Å²) in [6, 6.07) is 4.58. The summed E-state index contributed by atoms with van der Waals surface area (Å²) in [5.41, 5.74) is 0.889. The van der Waals surface area contributed by atoms with Crippen molar-refractivity contribution in [2.24, 2.45) is 0 Å². The predicted octanol–water partition coefficient (Wildman–Crippen LogP) is 3.42. The molecule has 0 saturated heterocycles. The van der Waals surface area contributed by atoms with Gasteiger partial charge in [0.05, 0.1) is 16.7 Å². The first kappa shape index (κ1) is 12.2. The molecule has 0 aromatic heterocycles. The van der Waals surface area contributed by atoms with Crippen molar-refractivity contribution in [3.05, 3.63) is 33.3 Å². The summed E-state index contributed by atoms with van der Waals surface area (Å²) in [6.07, 6.45) is 0. The third-order valence-electron chi connectivity index (χ3n) is 2.82. The van der Waals surface area contributed by atoms with Gasteiger partial charge >= 0.3 is 0 Å². The van der Waals surface area contributed by atoms with E-state index in [9.17, 15) is 10.1 Å².